The van der Waals surface area contributed by atoms with Crippen molar-refractivity contribution in [3.63, 3.8) is 0 Å². The smallest absolute Gasteiger partial charge is 0.0197 e. The summed E-state index contributed by atoms with van der Waals surface area (Å²) in [6, 6.07) is 0. The van der Waals surface area contributed by atoms with Crippen molar-refractivity contribution in [3.8, 4) is 11.8 Å². The zero-order chi connectivity index (χ0) is 10.8. The van der Waals surface area contributed by atoms with Gasteiger partial charge in [0.25, 0.3) is 0 Å². The van der Waals surface area contributed by atoms with Crippen molar-refractivity contribution in [3.05, 3.63) is 0 Å². The van der Waals surface area contributed by atoms with Crippen LogP contribution in [0.25, 0.3) is 0 Å². The fraction of sp³-hybridized carbons (Fsp3) is 0.857. The molecule has 0 aliphatic rings. The highest BCUT2D eigenvalue weighted by atomic mass is 14.0. The molecule has 0 fully saturated rings. The SMILES string of the molecule is CCCCCC(C)C#CC(CC)CC. The molecule has 0 aliphatic carbocycles. The van der Waals surface area contributed by atoms with E-state index in [1.54, 1.807) is 0 Å². The molecular formula is C14H26. The molecule has 0 aromatic heterocycles. The molecule has 0 saturated carbocycles. The summed E-state index contributed by atoms with van der Waals surface area (Å²) in [6.07, 6.45) is 7.69. The Kier molecular flexibility index (Phi) is 8.84. The van der Waals surface area contributed by atoms with Gasteiger partial charge in [0, 0.05) is 11.8 Å². The maximum Gasteiger partial charge on any atom is 0.0197 e. The minimum absolute atomic E-state index is 0.599. The van der Waals surface area contributed by atoms with Crippen LogP contribution < -0.4 is 0 Å². The average Bonchev–Trinajstić information content (AvgIpc) is 2.20. The molecule has 1 atom stereocenters. The lowest BCUT2D eigenvalue weighted by atomic mass is 10.00. The number of unbranched alkanes of at least 4 members (excludes halogenated alkanes) is 2. The lowest BCUT2D eigenvalue weighted by Crippen LogP contribution is -1.95. The molecular weight excluding hydrogens is 168 g/mol. The van der Waals surface area contributed by atoms with Crippen molar-refractivity contribution in [1.82, 2.24) is 0 Å². The first-order valence-electron chi connectivity index (χ1n) is 6.25. The van der Waals surface area contributed by atoms with Crippen LogP contribution in [0, 0.1) is 23.7 Å². The molecule has 0 radical (unpaired) electrons. The van der Waals surface area contributed by atoms with E-state index in [-0.39, 0.29) is 0 Å². The van der Waals surface area contributed by atoms with Gasteiger partial charge in [-0.25, -0.2) is 0 Å². The number of hydrogen-bond acceptors (Lipinski definition) is 0. The molecule has 0 N–H and O–H groups in total. The maximum absolute atomic E-state index is 3.40. The van der Waals surface area contributed by atoms with Crippen LogP contribution in [0.1, 0.15) is 66.2 Å². The Morgan fingerprint density at radius 3 is 2.07 bits per heavy atom. The molecule has 82 valence electrons. The van der Waals surface area contributed by atoms with Gasteiger partial charge >= 0.3 is 0 Å². The van der Waals surface area contributed by atoms with E-state index < -0.39 is 0 Å². The van der Waals surface area contributed by atoms with E-state index in [2.05, 4.69) is 39.5 Å². The second kappa shape index (κ2) is 9.13. The zero-order valence-electron chi connectivity index (χ0n) is 10.4. The highest BCUT2D eigenvalue weighted by Gasteiger charge is 1.99. The molecule has 14 heavy (non-hydrogen) atoms. The molecule has 0 rings (SSSR count). The quantitative estimate of drug-likeness (QED) is 0.427. The van der Waals surface area contributed by atoms with Crippen LogP contribution in [0.4, 0.5) is 0 Å². The standard InChI is InChI=1S/C14H26/c1-5-8-9-10-13(4)11-12-14(6-2)7-3/h13-14H,5-10H2,1-4H3. The summed E-state index contributed by atoms with van der Waals surface area (Å²) in [5.74, 6) is 8.02. The Bertz CT molecular complexity index is 166. The van der Waals surface area contributed by atoms with Crippen LogP contribution in [0.3, 0.4) is 0 Å². The molecule has 0 bridgehead atoms. The predicted octanol–water partition coefficient (Wildman–Crippen LogP) is 4.64. The lowest BCUT2D eigenvalue weighted by Gasteiger charge is -2.05. The second-order valence-corrected chi connectivity index (χ2v) is 4.20. The topological polar surface area (TPSA) is 0 Å². The summed E-state index contributed by atoms with van der Waals surface area (Å²) < 4.78 is 0. The van der Waals surface area contributed by atoms with Gasteiger partial charge < -0.3 is 0 Å². The largest absolute Gasteiger partial charge is 0.0999 e. The molecule has 0 aromatic rings. The van der Waals surface area contributed by atoms with Gasteiger partial charge in [0.2, 0.25) is 0 Å². The van der Waals surface area contributed by atoms with Gasteiger partial charge in [-0.2, -0.15) is 0 Å². The van der Waals surface area contributed by atoms with Crippen LogP contribution in [0.2, 0.25) is 0 Å². The third-order valence-electron chi connectivity index (χ3n) is 2.76. The summed E-state index contributed by atoms with van der Waals surface area (Å²) in [4.78, 5) is 0. The van der Waals surface area contributed by atoms with Crippen LogP contribution in [-0.2, 0) is 0 Å². The van der Waals surface area contributed by atoms with Crippen LogP contribution >= 0.6 is 0 Å². The Balaban J connectivity index is 3.72. The van der Waals surface area contributed by atoms with Gasteiger partial charge in [-0.05, 0) is 19.3 Å². The third kappa shape index (κ3) is 7.01. The van der Waals surface area contributed by atoms with Gasteiger partial charge in [0.05, 0.1) is 0 Å². The van der Waals surface area contributed by atoms with Crippen molar-refractivity contribution in [1.29, 1.82) is 0 Å². The molecule has 0 amide bonds. The Morgan fingerprint density at radius 1 is 0.929 bits per heavy atom. The summed E-state index contributed by atoms with van der Waals surface area (Å²) in [7, 11) is 0. The minimum Gasteiger partial charge on any atom is -0.0999 e. The van der Waals surface area contributed by atoms with Crippen molar-refractivity contribution >= 4 is 0 Å². The average molecular weight is 194 g/mol. The van der Waals surface area contributed by atoms with Gasteiger partial charge in [0.1, 0.15) is 0 Å². The zero-order valence-corrected chi connectivity index (χ0v) is 10.4. The van der Waals surface area contributed by atoms with Crippen molar-refractivity contribution in [2.45, 2.75) is 66.2 Å². The first kappa shape index (κ1) is 13.6. The molecule has 0 heteroatoms. The summed E-state index contributed by atoms with van der Waals surface area (Å²) in [5, 5.41) is 0. The summed E-state index contributed by atoms with van der Waals surface area (Å²) in [6.45, 7) is 8.96. The molecule has 1 unspecified atom stereocenters. The van der Waals surface area contributed by atoms with E-state index in [1.807, 2.05) is 0 Å². The van der Waals surface area contributed by atoms with Crippen LogP contribution in [0.5, 0.6) is 0 Å². The van der Waals surface area contributed by atoms with Crippen molar-refractivity contribution in [2.24, 2.45) is 11.8 Å². The van der Waals surface area contributed by atoms with Gasteiger partial charge in [-0.1, -0.05) is 58.8 Å². The van der Waals surface area contributed by atoms with Gasteiger partial charge in [0.15, 0.2) is 0 Å². The first-order valence-corrected chi connectivity index (χ1v) is 6.25. The number of hydrogen-bond donors (Lipinski definition) is 0. The van der Waals surface area contributed by atoms with E-state index in [4.69, 9.17) is 0 Å². The van der Waals surface area contributed by atoms with Gasteiger partial charge in [-0.15, -0.1) is 0 Å². The molecule has 0 spiro atoms. The molecule has 0 nitrogen and oxygen atoms in total. The second-order valence-electron chi connectivity index (χ2n) is 4.20. The minimum atomic E-state index is 0.599. The van der Waals surface area contributed by atoms with Crippen molar-refractivity contribution < 1.29 is 0 Å². The van der Waals surface area contributed by atoms with Gasteiger partial charge in [-0.3, -0.25) is 0 Å². The Labute approximate surface area is 90.5 Å². The van der Waals surface area contributed by atoms with Crippen molar-refractivity contribution in [2.75, 3.05) is 0 Å². The maximum atomic E-state index is 3.40. The highest BCUT2D eigenvalue weighted by molar-refractivity contribution is 5.05. The molecule has 0 saturated heterocycles. The highest BCUT2D eigenvalue weighted by Crippen LogP contribution is 2.10. The van der Waals surface area contributed by atoms with Crippen LogP contribution in [-0.4, -0.2) is 0 Å². The van der Waals surface area contributed by atoms with E-state index in [0.29, 0.717) is 11.8 Å². The Morgan fingerprint density at radius 2 is 1.57 bits per heavy atom. The monoisotopic (exact) mass is 194 g/mol. The summed E-state index contributed by atoms with van der Waals surface area (Å²) >= 11 is 0. The molecule has 0 aliphatic heterocycles. The van der Waals surface area contributed by atoms with Crippen LogP contribution in [0.15, 0.2) is 0 Å². The third-order valence-corrected chi connectivity index (χ3v) is 2.76. The Hall–Kier alpha value is -0.440. The fourth-order valence-electron chi connectivity index (χ4n) is 1.53. The van der Waals surface area contributed by atoms with E-state index in [0.717, 1.165) is 0 Å². The number of rotatable bonds is 6. The predicted molar refractivity (Wildman–Crippen MR) is 65.2 cm³/mol. The first-order chi connectivity index (χ1) is 6.74. The fourth-order valence-corrected chi connectivity index (χ4v) is 1.53. The van der Waals surface area contributed by atoms with E-state index in [1.165, 1.54) is 38.5 Å². The lowest BCUT2D eigenvalue weighted by molar-refractivity contribution is 0.582. The molecule has 0 aromatic carbocycles. The summed E-state index contributed by atoms with van der Waals surface area (Å²) in [5.41, 5.74) is 0. The molecule has 0 heterocycles. The van der Waals surface area contributed by atoms with E-state index in [9.17, 15) is 0 Å². The normalized spacial score (nSPS) is 12.4. The van der Waals surface area contributed by atoms with E-state index >= 15 is 0 Å².